The Labute approximate surface area is 163 Å². The molecule has 0 atom stereocenters. The molecule has 152 valence electrons. The van der Waals surface area contributed by atoms with Crippen molar-refractivity contribution in [3.63, 3.8) is 0 Å². The van der Waals surface area contributed by atoms with E-state index in [1.807, 2.05) is 0 Å². The average molecular weight is 371 g/mol. The molecule has 0 aliphatic heterocycles. The minimum Gasteiger partial charge on any atom is -0.107 e. The molecule has 0 saturated heterocycles. The standard InChI is InChI=1S/C24H51P/c1-4-7-10-13-16-19-22-25(23-20-17-14-11-8-5-2)24-21-18-15-12-9-6-3/h4-24H2,1-3H3. The van der Waals surface area contributed by atoms with Gasteiger partial charge in [0.05, 0.1) is 0 Å². The third-order valence-corrected chi connectivity index (χ3v) is 8.33. The summed E-state index contributed by atoms with van der Waals surface area (Å²) in [6.07, 6.45) is 31.2. The Hall–Kier alpha value is 0.430. The molecular weight excluding hydrogens is 319 g/mol. The summed E-state index contributed by atoms with van der Waals surface area (Å²) in [5, 5.41) is 0. The molecule has 0 nitrogen and oxygen atoms in total. The van der Waals surface area contributed by atoms with E-state index < -0.39 is 0 Å². The van der Waals surface area contributed by atoms with Gasteiger partial charge in [0.25, 0.3) is 0 Å². The summed E-state index contributed by atoms with van der Waals surface area (Å²) in [6.45, 7) is 6.96. The van der Waals surface area contributed by atoms with Gasteiger partial charge >= 0.3 is 0 Å². The summed E-state index contributed by atoms with van der Waals surface area (Å²) in [6, 6.07) is 0. The lowest BCUT2D eigenvalue weighted by Gasteiger charge is -2.18. The third-order valence-electron chi connectivity index (χ3n) is 5.48. The predicted octanol–water partition coefficient (Wildman–Crippen LogP) is 9.55. The molecule has 0 aliphatic rings. The SMILES string of the molecule is CCCCCCCCP(CCCCCCCC)CCCCCCCC. The maximum atomic E-state index is 2.32. The molecule has 0 N–H and O–H groups in total. The molecule has 0 aromatic heterocycles. The second-order valence-electron chi connectivity index (χ2n) is 8.14. The summed E-state index contributed by atoms with van der Waals surface area (Å²) in [4.78, 5) is 0. The molecule has 0 spiro atoms. The van der Waals surface area contributed by atoms with Crippen molar-refractivity contribution in [2.24, 2.45) is 0 Å². The van der Waals surface area contributed by atoms with Crippen LogP contribution in [-0.4, -0.2) is 18.5 Å². The van der Waals surface area contributed by atoms with E-state index in [0.717, 1.165) is 0 Å². The largest absolute Gasteiger partial charge is 0.107 e. The molecule has 0 radical (unpaired) electrons. The second kappa shape index (κ2) is 22.5. The monoisotopic (exact) mass is 370 g/mol. The van der Waals surface area contributed by atoms with Crippen LogP contribution in [-0.2, 0) is 0 Å². The van der Waals surface area contributed by atoms with Crippen molar-refractivity contribution < 1.29 is 0 Å². The maximum absolute atomic E-state index is 2.32. The number of hydrogen-bond donors (Lipinski definition) is 0. The molecule has 0 unspecified atom stereocenters. The third kappa shape index (κ3) is 20.6. The van der Waals surface area contributed by atoms with Gasteiger partial charge in [-0.15, -0.1) is 7.92 Å². The first-order valence-electron chi connectivity index (χ1n) is 12.1. The molecule has 0 rings (SSSR count). The van der Waals surface area contributed by atoms with Gasteiger partial charge in [0.1, 0.15) is 0 Å². The summed E-state index contributed by atoms with van der Waals surface area (Å²) >= 11 is 0. The highest BCUT2D eigenvalue weighted by Crippen LogP contribution is 2.39. The van der Waals surface area contributed by atoms with E-state index in [0.29, 0.717) is 7.92 Å². The molecular formula is C24H51P. The fourth-order valence-electron chi connectivity index (χ4n) is 3.68. The molecule has 0 aliphatic carbocycles. The number of hydrogen-bond acceptors (Lipinski definition) is 0. The molecule has 0 bridgehead atoms. The van der Waals surface area contributed by atoms with E-state index in [4.69, 9.17) is 0 Å². The normalized spacial score (nSPS) is 11.5. The van der Waals surface area contributed by atoms with E-state index in [-0.39, 0.29) is 0 Å². The van der Waals surface area contributed by atoms with Crippen molar-refractivity contribution in [1.82, 2.24) is 0 Å². The highest BCUT2D eigenvalue weighted by molar-refractivity contribution is 7.57. The lowest BCUT2D eigenvalue weighted by atomic mass is 10.1. The fourth-order valence-corrected chi connectivity index (χ4v) is 6.37. The minimum absolute atomic E-state index is 0.366. The molecule has 0 fully saturated rings. The Kier molecular flexibility index (Phi) is 22.9. The molecule has 0 aromatic carbocycles. The minimum atomic E-state index is 0.366. The van der Waals surface area contributed by atoms with Crippen LogP contribution >= 0.6 is 7.92 Å². The van der Waals surface area contributed by atoms with Gasteiger partial charge in [-0.3, -0.25) is 0 Å². The van der Waals surface area contributed by atoms with E-state index in [2.05, 4.69) is 20.8 Å². The van der Waals surface area contributed by atoms with Gasteiger partial charge in [-0.05, 0) is 37.7 Å². The van der Waals surface area contributed by atoms with Crippen molar-refractivity contribution in [3.05, 3.63) is 0 Å². The zero-order valence-corrected chi connectivity index (χ0v) is 19.2. The summed E-state index contributed by atoms with van der Waals surface area (Å²) in [5.74, 6) is 0. The molecule has 0 saturated carbocycles. The summed E-state index contributed by atoms with van der Waals surface area (Å²) < 4.78 is 0. The van der Waals surface area contributed by atoms with Gasteiger partial charge in [0.2, 0.25) is 0 Å². The zero-order valence-electron chi connectivity index (χ0n) is 18.3. The summed E-state index contributed by atoms with van der Waals surface area (Å²) in [7, 11) is 0.366. The Balaban J connectivity index is 3.76. The molecule has 25 heavy (non-hydrogen) atoms. The van der Waals surface area contributed by atoms with Gasteiger partial charge < -0.3 is 0 Å². The first kappa shape index (κ1) is 25.4. The van der Waals surface area contributed by atoms with Crippen LogP contribution in [0.4, 0.5) is 0 Å². The zero-order chi connectivity index (χ0) is 18.4. The van der Waals surface area contributed by atoms with Crippen molar-refractivity contribution in [1.29, 1.82) is 0 Å². The van der Waals surface area contributed by atoms with Crippen LogP contribution < -0.4 is 0 Å². The van der Waals surface area contributed by atoms with Gasteiger partial charge in [-0.1, -0.05) is 117 Å². The van der Waals surface area contributed by atoms with Crippen molar-refractivity contribution in [2.75, 3.05) is 18.5 Å². The molecule has 0 heterocycles. The first-order chi connectivity index (χ1) is 12.3. The smallest absolute Gasteiger partial charge is 0.0326 e. The van der Waals surface area contributed by atoms with Crippen LogP contribution in [0.3, 0.4) is 0 Å². The van der Waals surface area contributed by atoms with E-state index in [1.54, 1.807) is 18.5 Å². The van der Waals surface area contributed by atoms with Crippen LogP contribution in [0.2, 0.25) is 0 Å². The molecule has 1 heteroatoms. The maximum Gasteiger partial charge on any atom is -0.0326 e. The highest BCUT2D eigenvalue weighted by atomic mass is 31.1. The van der Waals surface area contributed by atoms with Gasteiger partial charge in [0.15, 0.2) is 0 Å². The van der Waals surface area contributed by atoms with Crippen LogP contribution in [0.1, 0.15) is 136 Å². The van der Waals surface area contributed by atoms with Crippen LogP contribution in [0.15, 0.2) is 0 Å². The Bertz CT molecular complexity index is 188. The van der Waals surface area contributed by atoms with Crippen molar-refractivity contribution in [2.45, 2.75) is 136 Å². The van der Waals surface area contributed by atoms with Gasteiger partial charge in [0, 0.05) is 0 Å². The Morgan fingerprint density at radius 2 is 0.560 bits per heavy atom. The van der Waals surface area contributed by atoms with Crippen LogP contribution in [0.5, 0.6) is 0 Å². The van der Waals surface area contributed by atoms with Crippen molar-refractivity contribution in [3.8, 4) is 0 Å². The van der Waals surface area contributed by atoms with Crippen molar-refractivity contribution >= 4 is 7.92 Å². The lowest BCUT2D eigenvalue weighted by Crippen LogP contribution is -1.97. The van der Waals surface area contributed by atoms with E-state index in [1.165, 1.54) is 116 Å². The summed E-state index contributed by atoms with van der Waals surface area (Å²) in [5.41, 5.74) is 0. The van der Waals surface area contributed by atoms with E-state index in [9.17, 15) is 0 Å². The molecule has 0 aromatic rings. The molecule has 0 amide bonds. The lowest BCUT2D eigenvalue weighted by molar-refractivity contribution is 0.617. The fraction of sp³-hybridized carbons (Fsp3) is 1.00. The second-order valence-corrected chi connectivity index (χ2v) is 10.8. The Morgan fingerprint density at radius 1 is 0.320 bits per heavy atom. The highest BCUT2D eigenvalue weighted by Gasteiger charge is 2.07. The van der Waals surface area contributed by atoms with Crippen LogP contribution in [0, 0.1) is 0 Å². The number of unbranched alkanes of at least 4 members (excludes halogenated alkanes) is 15. The van der Waals surface area contributed by atoms with Crippen LogP contribution in [0.25, 0.3) is 0 Å². The first-order valence-corrected chi connectivity index (χ1v) is 14.0. The number of rotatable bonds is 21. The Morgan fingerprint density at radius 3 is 0.840 bits per heavy atom. The van der Waals surface area contributed by atoms with Gasteiger partial charge in [-0.25, -0.2) is 0 Å². The topological polar surface area (TPSA) is 0 Å². The average Bonchev–Trinajstić information content (AvgIpc) is 2.63. The quantitative estimate of drug-likeness (QED) is 0.139. The predicted molar refractivity (Wildman–Crippen MR) is 122 cm³/mol. The van der Waals surface area contributed by atoms with E-state index >= 15 is 0 Å². The van der Waals surface area contributed by atoms with Gasteiger partial charge in [-0.2, -0.15) is 0 Å².